The number of carbonyl (C=O) groups is 2. The van der Waals surface area contributed by atoms with Crippen LogP contribution in [0.2, 0.25) is 0 Å². The minimum absolute atomic E-state index is 0.496. The van der Waals surface area contributed by atoms with Crippen LogP contribution in [0.4, 0.5) is 0 Å². The summed E-state index contributed by atoms with van der Waals surface area (Å²) in [5.41, 5.74) is 5.67. The summed E-state index contributed by atoms with van der Waals surface area (Å²) in [7, 11) is 0. The molecule has 0 unspecified atom stereocenters. The topological polar surface area (TPSA) is 54.4 Å². The van der Waals surface area contributed by atoms with Crippen molar-refractivity contribution in [2.75, 3.05) is 0 Å². The Bertz CT molecular complexity index is 693. The van der Waals surface area contributed by atoms with Crippen molar-refractivity contribution in [2.24, 2.45) is 0 Å². The Morgan fingerprint density at radius 1 is 1.00 bits per heavy atom. The van der Waals surface area contributed by atoms with Crippen molar-refractivity contribution in [1.29, 1.82) is 0 Å². The van der Waals surface area contributed by atoms with Crippen molar-refractivity contribution < 1.29 is 14.7 Å². The number of aliphatic carboxylic acids is 1. The van der Waals surface area contributed by atoms with E-state index in [-0.39, 0.29) is 0 Å². The maximum Gasteiger partial charge on any atom is 0.336 e. The molecule has 2 aromatic rings. The van der Waals surface area contributed by atoms with E-state index < -0.39 is 5.97 Å². The highest BCUT2D eigenvalue weighted by Gasteiger charge is 2.02. The lowest BCUT2D eigenvalue weighted by Gasteiger charge is -2.04. The van der Waals surface area contributed by atoms with Gasteiger partial charge >= 0.3 is 5.97 Å². The summed E-state index contributed by atoms with van der Waals surface area (Å²) in [6.45, 7) is 0. The molecule has 0 aliphatic rings. The van der Waals surface area contributed by atoms with Crippen LogP contribution in [0.25, 0.3) is 17.2 Å². The molecule has 3 nitrogen and oxygen atoms in total. The van der Waals surface area contributed by atoms with E-state index in [1.165, 1.54) is 6.08 Å². The van der Waals surface area contributed by atoms with Crippen molar-refractivity contribution in [3.63, 3.8) is 0 Å². The van der Waals surface area contributed by atoms with Gasteiger partial charge in [0.15, 0.2) is 6.29 Å². The SMILES string of the molecule is O=Cc1ccc(-c2ccccc2)cc1C=C=CC(=O)O. The van der Waals surface area contributed by atoms with Gasteiger partial charge in [-0.25, -0.2) is 4.79 Å². The van der Waals surface area contributed by atoms with Crippen LogP contribution in [0.3, 0.4) is 0 Å². The Morgan fingerprint density at radius 2 is 1.75 bits per heavy atom. The second-order valence-corrected chi connectivity index (χ2v) is 4.12. The summed E-state index contributed by atoms with van der Waals surface area (Å²) in [5, 5.41) is 8.54. The highest BCUT2D eigenvalue weighted by Crippen LogP contribution is 2.22. The number of rotatable bonds is 4. The van der Waals surface area contributed by atoms with E-state index in [4.69, 9.17) is 5.11 Å². The summed E-state index contributed by atoms with van der Waals surface area (Å²) in [5.74, 6) is -1.08. The molecule has 3 heteroatoms. The average molecular weight is 264 g/mol. The molecule has 0 aromatic heterocycles. The Kier molecular flexibility index (Phi) is 4.28. The number of carboxylic acid groups (broad SMARTS) is 1. The van der Waals surface area contributed by atoms with Gasteiger partial charge in [0.1, 0.15) is 0 Å². The Hall–Kier alpha value is -2.90. The minimum Gasteiger partial charge on any atom is -0.478 e. The molecule has 2 rings (SSSR count). The van der Waals surface area contributed by atoms with E-state index in [9.17, 15) is 9.59 Å². The number of hydrogen-bond acceptors (Lipinski definition) is 2. The molecule has 0 aliphatic carbocycles. The predicted octanol–water partition coefficient (Wildman–Crippen LogP) is 3.42. The predicted molar refractivity (Wildman–Crippen MR) is 77.4 cm³/mol. The Morgan fingerprint density at radius 3 is 2.40 bits per heavy atom. The lowest BCUT2D eigenvalue weighted by atomic mass is 9.99. The molecule has 0 radical (unpaired) electrons. The summed E-state index contributed by atoms with van der Waals surface area (Å²) >= 11 is 0. The fourth-order valence-electron chi connectivity index (χ4n) is 1.82. The summed E-state index contributed by atoms with van der Waals surface area (Å²) in [6, 6.07) is 15.1. The van der Waals surface area contributed by atoms with E-state index in [1.807, 2.05) is 42.5 Å². The van der Waals surface area contributed by atoms with Gasteiger partial charge in [0.2, 0.25) is 0 Å². The number of carboxylic acids is 1. The standard InChI is InChI=1S/C17H12O3/c18-12-16-10-9-15(13-5-2-1-3-6-13)11-14(16)7-4-8-17(19)20/h1-3,5-12H,(H,19,20). The van der Waals surface area contributed by atoms with E-state index in [0.717, 1.165) is 23.5 Å². The van der Waals surface area contributed by atoms with Gasteiger partial charge in [0, 0.05) is 5.56 Å². The van der Waals surface area contributed by atoms with Crippen LogP contribution >= 0.6 is 0 Å². The molecular weight excluding hydrogens is 252 g/mol. The van der Waals surface area contributed by atoms with E-state index in [2.05, 4.69) is 5.73 Å². The zero-order chi connectivity index (χ0) is 14.4. The molecule has 0 fully saturated rings. The number of hydrogen-bond donors (Lipinski definition) is 1. The maximum atomic E-state index is 11.0. The fraction of sp³-hybridized carbons (Fsp3) is 0. The molecule has 2 aromatic carbocycles. The van der Waals surface area contributed by atoms with Crippen molar-refractivity contribution >= 4 is 18.3 Å². The molecule has 0 aliphatic heterocycles. The highest BCUT2D eigenvalue weighted by atomic mass is 16.4. The largest absolute Gasteiger partial charge is 0.478 e. The van der Waals surface area contributed by atoms with E-state index in [1.54, 1.807) is 6.07 Å². The molecule has 98 valence electrons. The van der Waals surface area contributed by atoms with Crippen LogP contribution in [0, 0.1) is 0 Å². The van der Waals surface area contributed by atoms with Crippen molar-refractivity contribution in [3.8, 4) is 11.1 Å². The summed E-state index contributed by atoms with van der Waals surface area (Å²) < 4.78 is 0. The van der Waals surface area contributed by atoms with Gasteiger partial charge in [0.25, 0.3) is 0 Å². The molecule has 0 bridgehead atoms. The fourth-order valence-corrected chi connectivity index (χ4v) is 1.82. The third-order valence-electron chi connectivity index (χ3n) is 2.77. The van der Waals surface area contributed by atoms with Crippen molar-refractivity contribution in [1.82, 2.24) is 0 Å². The van der Waals surface area contributed by atoms with Gasteiger partial charge in [-0.05, 0) is 28.8 Å². The van der Waals surface area contributed by atoms with Gasteiger partial charge < -0.3 is 5.11 Å². The number of carbonyl (C=O) groups excluding carboxylic acids is 1. The summed E-state index contributed by atoms with van der Waals surface area (Å²) in [4.78, 5) is 21.4. The molecule has 0 atom stereocenters. The van der Waals surface area contributed by atoms with E-state index in [0.29, 0.717) is 11.1 Å². The third-order valence-corrected chi connectivity index (χ3v) is 2.77. The van der Waals surface area contributed by atoms with Crippen LogP contribution < -0.4 is 0 Å². The monoisotopic (exact) mass is 264 g/mol. The third kappa shape index (κ3) is 3.31. The molecule has 0 heterocycles. The minimum atomic E-state index is -1.08. The van der Waals surface area contributed by atoms with Crippen molar-refractivity contribution in [3.05, 3.63) is 71.5 Å². The zero-order valence-electron chi connectivity index (χ0n) is 10.6. The lowest BCUT2D eigenvalue weighted by Crippen LogP contribution is -1.88. The average Bonchev–Trinajstić information content (AvgIpc) is 2.47. The van der Waals surface area contributed by atoms with Gasteiger partial charge in [-0.15, -0.1) is 5.73 Å². The first-order valence-electron chi connectivity index (χ1n) is 6.01. The second-order valence-electron chi connectivity index (χ2n) is 4.12. The van der Waals surface area contributed by atoms with Crippen LogP contribution in [-0.2, 0) is 4.79 Å². The second kappa shape index (κ2) is 6.32. The maximum absolute atomic E-state index is 11.0. The molecule has 20 heavy (non-hydrogen) atoms. The van der Waals surface area contributed by atoms with Crippen LogP contribution in [0.15, 0.2) is 60.3 Å². The first kappa shape index (κ1) is 13.5. The van der Waals surface area contributed by atoms with Gasteiger partial charge in [0.05, 0.1) is 6.08 Å². The normalized spacial score (nSPS) is 9.40. The number of benzene rings is 2. The van der Waals surface area contributed by atoms with E-state index >= 15 is 0 Å². The molecule has 0 amide bonds. The first-order valence-corrected chi connectivity index (χ1v) is 6.01. The first-order chi connectivity index (χ1) is 9.70. The van der Waals surface area contributed by atoms with Crippen LogP contribution in [0.1, 0.15) is 15.9 Å². The Labute approximate surface area is 116 Å². The molecular formula is C17H12O3. The molecule has 0 spiro atoms. The molecule has 0 saturated carbocycles. The van der Waals surface area contributed by atoms with Crippen LogP contribution in [-0.4, -0.2) is 17.4 Å². The number of aldehydes is 1. The lowest BCUT2D eigenvalue weighted by molar-refractivity contribution is -0.131. The quantitative estimate of drug-likeness (QED) is 0.523. The van der Waals surface area contributed by atoms with Crippen LogP contribution in [0.5, 0.6) is 0 Å². The van der Waals surface area contributed by atoms with Crippen molar-refractivity contribution in [2.45, 2.75) is 0 Å². The smallest absolute Gasteiger partial charge is 0.336 e. The Balaban J connectivity index is 2.47. The van der Waals surface area contributed by atoms with Gasteiger partial charge in [-0.2, -0.15) is 0 Å². The zero-order valence-corrected chi connectivity index (χ0v) is 10.6. The highest BCUT2D eigenvalue weighted by molar-refractivity contribution is 5.85. The summed E-state index contributed by atoms with van der Waals surface area (Å²) in [6.07, 6.45) is 3.14. The molecule has 1 N–H and O–H groups in total. The van der Waals surface area contributed by atoms with Gasteiger partial charge in [-0.1, -0.05) is 42.5 Å². The molecule has 0 saturated heterocycles. The van der Waals surface area contributed by atoms with Gasteiger partial charge in [-0.3, -0.25) is 4.79 Å².